The van der Waals surface area contributed by atoms with Gasteiger partial charge in [-0.2, -0.15) is 0 Å². The van der Waals surface area contributed by atoms with Crippen LogP contribution in [0, 0.1) is 11.8 Å². The molecule has 2 aromatic rings. The highest BCUT2D eigenvalue weighted by Gasteiger charge is 2.39. The molecule has 2 aliphatic carbocycles. The standard InChI is InChI=1S/C19H22N2.2ClH/c1-21(2)12-18-13-7-8-14(9-13)19(18)17-11-20-10-15-5-3-4-6-16(15)17;;/h3-6,10-11,13-14H,7-9,12H2,1-2H3;2*1H. The minimum atomic E-state index is 0. The van der Waals surface area contributed by atoms with Crippen molar-refractivity contribution >= 4 is 41.2 Å². The number of nitrogens with zero attached hydrogens (tertiary/aromatic N) is 2. The van der Waals surface area contributed by atoms with E-state index in [1.807, 2.05) is 6.20 Å². The lowest BCUT2D eigenvalue weighted by Crippen LogP contribution is -2.19. The number of hydrogen-bond donors (Lipinski definition) is 0. The lowest BCUT2D eigenvalue weighted by atomic mass is 9.86. The molecule has 2 bridgehead atoms. The first kappa shape index (κ1) is 18.3. The van der Waals surface area contributed by atoms with Gasteiger partial charge in [-0.1, -0.05) is 24.3 Å². The largest absolute Gasteiger partial charge is 0.305 e. The number of rotatable bonds is 3. The molecule has 0 spiro atoms. The Kier molecular flexibility index (Phi) is 5.72. The predicted octanol–water partition coefficient (Wildman–Crippen LogP) is 4.82. The summed E-state index contributed by atoms with van der Waals surface area (Å²) in [4.78, 5) is 6.82. The summed E-state index contributed by atoms with van der Waals surface area (Å²) in [5.41, 5.74) is 4.68. The van der Waals surface area contributed by atoms with Gasteiger partial charge in [-0.15, -0.1) is 24.8 Å². The molecule has 124 valence electrons. The second kappa shape index (κ2) is 7.21. The fourth-order valence-electron chi connectivity index (χ4n) is 4.32. The minimum Gasteiger partial charge on any atom is -0.305 e. The van der Waals surface area contributed by atoms with Gasteiger partial charge in [0.15, 0.2) is 0 Å². The van der Waals surface area contributed by atoms with Crippen molar-refractivity contribution in [3.63, 3.8) is 0 Å². The SMILES string of the molecule is CN(C)CC1=C(c2cncc3ccccc23)C2CCC1C2.Cl.Cl. The van der Waals surface area contributed by atoms with Crippen molar-refractivity contribution in [1.29, 1.82) is 0 Å². The van der Waals surface area contributed by atoms with Crippen LogP contribution in [-0.4, -0.2) is 30.5 Å². The van der Waals surface area contributed by atoms with Gasteiger partial charge in [0, 0.05) is 29.9 Å². The van der Waals surface area contributed by atoms with Crippen LogP contribution >= 0.6 is 24.8 Å². The van der Waals surface area contributed by atoms with E-state index in [1.54, 1.807) is 11.1 Å². The monoisotopic (exact) mass is 350 g/mol. The first-order valence-corrected chi connectivity index (χ1v) is 7.95. The quantitative estimate of drug-likeness (QED) is 0.788. The van der Waals surface area contributed by atoms with Gasteiger partial charge in [0.1, 0.15) is 0 Å². The molecule has 1 aromatic heterocycles. The third-order valence-electron chi connectivity index (χ3n) is 5.12. The molecule has 2 aliphatic rings. The van der Waals surface area contributed by atoms with E-state index in [0.29, 0.717) is 0 Å². The van der Waals surface area contributed by atoms with Crippen LogP contribution in [0.2, 0.25) is 0 Å². The maximum Gasteiger partial charge on any atom is 0.0349 e. The van der Waals surface area contributed by atoms with E-state index >= 15 is 0 Å². The molecule has 0 N–H and O–H groups in total. The van der Waals surface area contributed by atoms with Crippen molar-refractivity contribution in [2.24, 2.45) is 11.8 Å². The number of aromatic nitrogens is 1. The molecule has 0 amide bonds. The summed E-state index contributed by atoms with van der Waals surface area (Å²) in [7, 11) is 4.36. The predicted molar refractivity (Wildman–Crippen MR) is 103 cm³/mol. The van der Waals surface area contributed by atoms with Crippen molar-refractivity contribution in [3.05, 3.63) is 47.8 Å². The number of fused-ring (bicyclic) bond motifs is 3. The van der Waals surface area contributed by atoms with Gasteiger partial charge < -0.3 is 4.90 Å². The summed E-state index contributed by atoms with van der Waals surface area (Å²) in [6.07, 6.45) is 8.18. The lowest BCUT2D eigenvalue weighted by molar-refractivity contribution is 0.423. The number of allylic oxidation sites excluding steroid dienone is 1. The van der Waals surface area contributed by atoms with Crippen LogP contribution in [0.1, 0.15) is 24.8 Å². The van der Waals surface area contributed by atoms with Crippen LogP contribution in [0.4, 0.5) is 0 Å². The molecule has 2 unspecified atom stereocenters. The maximum absolute atomic E-state index is 4.51. The molecule has 1 saturated carbocycles. The number of pyridine rings is 1. The molecule has 0 aliphatic heterocycles. The summed E-state index contributed by atoms with van der Waals surface area (Å²) in [6.45, 7) is 1.10. The summed E-state index contributed by atoms with van der Waals surface area (Å²) in [5, 5.41) is 2.63. The van der Waals surface area contributed by atoms with E-state index < -0.39 is 0 Å². The molecule has 4 heteroatoms. The third kappa shape index (κ3) is 3.13. The minimum absolute atomic E-state index is 0. The van der Waals surface area contributed by atoms with Gasteiger partial charge in [0.2, 0.25) is 0 Å². The zero-order valence-corrected chi connectivity index (χ0v) is 15.3. The zero-order chi connectivity index (χ0) is 14.4. The highest BCUT2D eigenvalue weighted by atomic mass is 35.5. The Hall–Kier alpha value is -1.09. The molecule has 2 atom stereocenters. The van der Waals surface area contributed by atoms with Crippen LogP contribution in [0.3, 0.4) is 0 Å². The fourth-order valence-corrected chi connectivity index (χ4v) is 4.32. The second-order valence-electron chi connectivity index (χ2n) is 6.79. The summed E-state index contributed by atoms with van der Waals surface area (Å²) in [6, 6.07) is 8.67. The average molecular weight is 351 g/mol. The molecule has 0 radical (unpaired) electrons. The Labute approximate surface area is 150 Å². The Balaban J connectivity index is 0.000000960. The highest BCUT2D eigenvalue weighted by Crippen LogP contribution is 2.53. The van der Waals surface area contributed by atoms with Gasteiger partial charge in [-0.25, -0.2) is 0 Å². The van der Waals surface area contributed by atoms with Crippen LogP contribution < -0.4 is 0 Å². The van der Waals surface area contributed by atoms with Gasteiger partial charge >= 0.3 is 0 Å². The van der Waals surface area contributed by atoms with E-state index in [4.69, 9.17) is 0 Å². The van der Waals surface area contributed by atoms with Crippen LogP contribution in [0.5, 0.6) is 0 Å². The van der Waals surface area contributed by atoms with E-state index in [2.05, 4.69) is 54.4 Å². The summed E-state index contributed by atoms with van der Waals surface area (Å²) < 4.78 is 0. The van der Waals surface area contributed by atoms with Crippen molar-refractivity contribution in [3.8, 4) is 0 Å². The first-order chi connectivity index (χ1) is 10.2. The molecule has 4 rings (SSSR count). The Morgan fingerprint density at radius 2 is 1.78 bits per heavy atom. The van der Waals surface area contributed by atoms with Gasteiger partial charge in [0.25, 0.3) is 0 Å². The van der Waals surface area contributed by atoms with Gasteiger partial charge in [-0.3, -0.25) is 4.98 Å². The normalized spacial score (nSPS) is 22.4. The lowest BCUT2D eigenvalue weighted by Gasteiger charge is -2.23. The smallest absolute Gasteiger partial charge is 0.0349 e. The van der Waals surface area contributed by atoms with E-state index in [9.17, 15) is 0 Å². The van der Waals surface area contributed by atoms with E-state index in [1.165, 1.54) is 35.6 Å². The van der Waals surface area contributed by atoms with Crippen LogP contribution in [0.15, 0.2) is 42.2 Å². The summed E-state index contributed by atoms with van der Waals surface area (Å²) in [5.74, 6) is 1.57. The Morgan fingerprint density at radius 3 is 2.57 bits per heavy atom. The van der Waals surface area contributed by atoms with Gasteiger partial charge in [-0.05, 0) is 61.7 Å². The number of hydrogen-bond acceptors (Lipinski definition) is 2. The zero-order valence-electron chi connectivity index (χ0n) is 13.7. The molecule has 0 saturated heterocycles. The molecular weight excluding hydrogens is 327 g/mol. The molecular formula is C19H24Cl2N2. The van der Waals surface area contributed by atoms with Crippen molar-refractivity contribution in [2.45, 2.75) is 19.3 Å². The molecule has 1 fully saturated rings. The van der Waals surface area contributed by atoms with E-state index in [0.717, 1.165) is 18.4 Å². The fraction of sp³-hybridized carbons (Fsp3) is 0.421. The van der Waals surface area contributed by atoms with Crippen molar-refractivity contribution < 1.29 is 0 Å². The molecule has 2 nitrogen and oxygen atoms in total. The van der Waals surface area contributed by atoms with Gasteiger partial charge in [0.05, 0.1) is 0 Å². The number of benzene rings is 1. The highest BCUT2D eigenvalue weighted by molar-refractivity contribution is 5.95. The Morgan fingerprint density at radius 1 is 1.04 bits per heavy atom. The molecule has 1 aromatic carbocycles. The van der Waals surface area contributed by atoms with Crippen molar-refractivity contribution in [2.75, 3.05) is 20.6 Å². The van der Waals surface area contributed by atoms with Crippen LogP contribution in [0.25, 0.3) is 16.3 Å². The third-order valence-corrected chi connectivity index (χ3v) is 5.12. The second-order valence-corrected chi connectivity index (χ2v) is 6.79. The average Bonchev–Trinajstić information content (AvgIpc) is 3.07. The number of likely N-dealkylation sites (N-methyl/N-ethyl adjacent to an activating group) is 1. The van der Waals surface area contributed by atoms with Crippen LogP contribution in [-0.2, 0) is 0 Å². The van der Waals surface area contributed by atoms with E-state index in [-0.39, 0.29) is 24.8 Å². The number of halogens is 2. The molecule has 1 heterocycles. The Bertz CT molecular complexity index is 719. The topological polar surface area (TPSA) is 16.1 Å². The summed E-state index contributed by atoms with van der Waals surface area (Å²) >= 11 is 0. The van der Waals surface area contributed by atoms with Crippen molar-refractivity contribution in [1.82, 2.24) is 9.88 Å². The maximum atomic E-state index is 4.51. The first-order valence-electron chi connectivity index (χ1n) is 7.95. The molecule has 23 heavy (non-hydrogen) atoms.